The molecule has 0 atom stereocenters. The molecule has 1 fully saturated rings. The lowest BCUT2D eigenvalue weighted by Crippen LogP contribution is -2.38. The molecule has 20 heavy (non-hydrogen) atoms. The van der Waals surface area contributed by atoms with Gasteiger partial charge in [-0.3, -0.25) is 4.90 Å². The van der Waals surface area contributed by atoms with Crippen LogP contribution in [0.15, 0.2) is 18.2 Å². The predicted octanol–water partition coefficient (Wildman–Crippen LogP) is 2.42. The molecular formula is C15H20ClN3O. The molecule has 0 spiro atoms. The smallest absolute Gasteiger partial charge is 0.124 e. The summed E-state index contributed by atoms with van der Waals surface area (Å²) in [6.07, 6.45) is 0. The van der Waals surface area contributed by atoms with Crippen LogP contribution in [0.25, 0.3) is 11.0 Å². The molecule has 0 saturated carbocycles. The first-order valence-electron chi connectivity index (χ1n) is 7.10. The summed E-state index contributed by atoms with van der Waals surface area (Å²) in [7, 11) is 0. The van der Waals surface area contributed by atoms with Gasteiger partial charge in [-0.25, -0.2) is 4.98 Å². The van der Waals surface area contributed by atoms with Crippen LogP contribution < -0.4 is 0 Å². The van der Waals surface area contributed by atoms with Crippen LogP contribution in [0.3, 0.4) is 0 Å². The van der Waals surface area contributed by atoms with Crippen LogP contribution in [-0.2, 0) is 17.2 Å². The first-order valence-corrected chi connectivity index (χ1v) is 7.64. The van der Waals surface area contributed by atoms with Crippen LogP contribution in [0, 0.1) is 6.92 Å². The van der Waals surface area contributed by atoms with E-state index in [2.05, 4.69) is 39.6 Å². The third kappa shape index (κ3) is 2.68. The van der Waals surface area contributed by atoms with Gasteiger partial charge in [0.15, 0.2) is 0 Å². The predicted molar refractivity (Wildman–Crippen MR) is 81.3 cm³/mol. The zero-order valence-electron chi connectivity index (χ0n) is 11.8. The maximum atomic E-state index is 6.06. The average Bonchev–Trinajstić information content (AvgIpc) is 2.85. The van der Waals surface area contributed by atoms with Crippen LogP contribution in [0.1, 0.15) is 11.4 Å². The number of morpholine rings is 1. The fourth-order valence-corrected chi connectivity index (χ4v) is 3.03. The molecule has 0 aliphatic carbocycles. The molecular weight excluding hydrogens is 274 g/mol. The second-order valence-electron chi connectivity index (χ2n) is 5.21. The summed E-state index contributed by atoms with van der Waals surface area (Å²) in [5.74, 6) is 1.42. The lowest BCUT2D eigenvalue weighted by atomic mass is 10.2. The Morgan fingerprint density at radius 1 is 1.25 bits per heavy atom. The topological polar surface area (TPSA) is 30.3 Å². The summed E-state index contributed by atoms with van der Waals surface area (Å²) in [6.45, 7) is 7.80. The van der Waals surface area contributed by atoms with Crippen LogP contribution in [-0.4, -0.2) is 47.3 Å². The van der Waals surface area contributed by atoms with Crippen molar-refractivity contribution >= 4 is 22.6 Å². The summed E-state index contributed by atoms with van der Waals surface area (Å²) < 4.78 is 7.66. The standard InChI is InChI=1S/C15H20ClN3O/c1-12-3-2-4-13-15(12)19(14(11-16)17-13)6-5-18-7-9-20-10-8-18/h2-4H,5-11H2,1H3. The monoisotopic (exact) mass is 293 g/mol. The molecule has 4 nitrogen and oxygen atoms in total. The van der Waals surface area contributed by atoms with E-state index in [1.165, 1.54) is 11.1 Å². The highest BCUT2D eigenvalue weighted by molar-refractivity contribution is 6.16. The Hall–Kier alpha value is -1.10. The number of ether oxygens (including phenoxy) is 1. The van der Waals surface area contributed by atoms with Crippen molar-refractivity contribution in [1.82, 2.24) is 14.5 Å². The third-order valence-electron chi connectivity index (χ3n) is 3.91. The molecule has 1 saturated heterocycles. The van der Waals surface area contributed by atoms with Crippen LogP contribution in [0.5, 0.6) is 0 Å². The number of imidazole rings is 1. The van der Waals surface area contributed by atoms with Gasteiger partial charge in [0.25, 0.3) is 0 Å². The second kappa shape index (κ2) is 6.12. The van der Waals surface area contributed by atoms with E-state index in [9.17, 15) is 0 Å². The Morgan fingerprint density at radius 3 is 2.80 bits per heavy atom. The van der Waals surface area contributed by atoms with Crippen LogP contribution >= 0.6 is 11.6 Å². The number of halogens is 1. The zero-order chi connectivity index (χ0) is 13.9. The minimum absolute atomic E-state index is 0.456. The molecule has 0 amide bonds. The Morgan fingerprint density at radius 2 is 2.05 bits per heavy atom. The highest BCUT2D eigenvalue weighted by atomic mass is 35.5. The van der Waals surface area contributed by atoms with Gasteiger partial charge in [0.2, 0.25) is 0 Å². The minimum Gasteiger partial charge on any atom is -0.379 e. The van der Waals surface area contributed by atoms with E-state index in [0.29, 0.717) is 5.88 Å². The first-order chi connectivity index (χ1) is 9.79. The van der Waals surface area contributed by atoms with Crippen molar-refractivity contribution in [3.63, 3.8) is 0 Å². The SMILES string of the molecule is Cc1cccc2nc(CCl)n(CCN3CCOCC3)c12. The van der Waals surface area contributed by atoms with Crippen molar-refractivity contribution in [1.29, 1.82) is 0 Å². The van der Waals surface area contributed by atoms with E-state index in [1.807, 2.05) is 0 Å². The molecule has 1 aliphatic rings. The number of hydrogen-bond acceptors (Lipinski definition) is 3. The molecule has 0 bridgehead atoms. The lowest BCUT2D eigenvalue weighted by molar-refractivity contribution is 0.0364. The molecule has 0 N–H and O–H groups in total. The fraction of sp³-hybridized carbons (Fsp3) is 0.533. The number of benzene rings is 1. The number of aryl methyl sites for hydroxylation is 1. The molecule has 0 unspecified atom stereocenters. The van der Waals surface area contributed by atoms with Gasteiger partial charge < -0.3 is 9.30 Å². The van der Waals surface area contributed by atoms with Gasteiger partial charge in [0.05, 0.1) is 30.1 Å². The molecule has 3 rings (SSSR count). The Labute approximate surface area is 124 Å². The molecule has 2 heterocycles. The average molecular weight is 294 g/mol. The Balaban J connectivity index is 1.85. The number of fused-ring (bicyclic) bond motifs is 1. The summed E-state index contributed by atoms with van der Waals surface area (Å²) >= 11 is 6.06. The van der Waals surface area contributed by atoms with E-state index in [-0.39, 0.29) is 0 Å². The third-order valence-corrected chi connectivity index (χ3v) is 4.15. The van der Waals surface area contributed by atoms with Crippen LogP contribution in [0.4, 0.5) is 0 Å². The van der Waals surface area contributed by atoms with Gasteiger partial charge >= 0.3 is 0 Å². The van der Waals surface area contributed by atoms with Crippen molar-refractivity contribution in [2.75, 3.05) is 32.8 Å². The van der Waals surface area contributed by atoms with E-state index in [1.54, 1.807) is 0 Å². The van der Waals surface area contributed by atoms with Gasteiger partial charge in [-0.15, -0.1) is 11.6 Å². The van der Waals surface area contributed by atoms with Gasteiger partial charge in [-0.2, -0.15) is 0 Å². The number of aromatic nitrogens is 2. The highest BCUT2D eigenvalue weighted by Crippen LogP contribution is 2.21. The number of hydrogen-bond donors (Lipinski definition) is 0. The number of nitrogens with zero attached hydrogens (tertiary/aromatic N) is 3. The summed E-state index contributed by atoms with van der Waals surface area (Å²) in [5.41, 5.74) is 3.52. The van der Waals surface area contributed by atoms with Crippen molar-refractivity contribution < 1.29 is 4.74 Å². The molecule has 5 heteroatoms. The van der Waals surface area contributed by atoms with Gasteiger partial charge in [0.1, 0.15) is 5.82 Å². The summed E-state index contributed by atoms with van der Waals surface area (Å²) in [5, 5.41) is 0. The maximum absolute atomic E-state index is 6.06. The first kappa shape index (κ1) is 13.9. The molecule has 108 valence electrons. The Kier molecular flexibility index (Phi) is 4.24. The van der Waals surface area contributed by atoms with E-state index in [0.717, 1.165) is 50.7 Å². The molecule has 1 aromatic carbocycles. The zero-order valence-corrected chi connectivity index (χ0v) is 12.6. The second-order valence-corrected chi connectivity index (χ2v) is 5.48. The molecule has 1 aliphatic heterocycles. The van der Waals surface area contributed by atoms with E-state index < -0.39 is 0 Å². The minimum atomic E-state index is 0.456. The fourth-order valence-electron chi connectivity index (χ4n) is 2.82. The quantitative estimate of drug-likeness (QED) is 0.811. The van der Waals surface area contributed by atoms with Gasteiger partial charge in [0, 0.05) is 26.2 Å². The number of alkyl halides is 1. The van der Waals surface area contributed by atoms with Gasteiger partial charge in [-0.05, 0) is 18.6 Å². The van der Waals surface area contributed by atoms with Gasteiger partial charge in [-0.1, -0.05) is 12.1 Å². The summed E-state index contributed by atoms with van der Waals surface area (Å²) in [4.78, 5) is 7.08. The van der Waals surface area contributed by atoms with Crippen molar-refractivity contribution in [2.45, 2.75) is 19.3 Å². The highest BCUT2D eigenvalue weighted by Gasteiger charge is 2.14. The lowest BCUT2D eigenvalue weighted by Gasteiger charge is -2.27. The molecule has 0 radical (unpaired) electrons. The maximum Gasteiger partial charge on any atom is 0.124 e. The normalized spacial score (nSPS) is 16.9. The summed E-state index contributed by atoms with van der Waals surface area (Å²) in [6, 6.07) is 6.24. The number of rotatable bonds is 4. The largest absolute Gasteiger partial charge is 0.379 e. The van der Waals surface area contributed by atoms with E-state index in [4.69, 9.17) is 16.3 Å². The number of para-hydroxylation sites is 1. The van der Waals surface area contributed by atoms with Crippen molar-refractivity contribution in [3.05, 3.63) is 29.6 Å². The van der Waals surface area contributed by atoms with Crippen LogP contribution in [0.2, 0.25) is 0 Å². The Bertz CT molecular complexity index is 590. The van der Waals surface area contributed by atoms with Crippen molar-refractivity contribution in [3.8, 4) is 0 Å². The van der Waals surface area contributed by atoms with Crippen molar-refractivity contribution in [2.24, 2.45) is 0 Å². The molecule has 2 aromatic rings. The van der Waals surface area contributed by atoms with E-state index >= 15 is 0 Å². The molecule has 1 aromatic heterocycles.